The molecule has 53 heavy (non-hydrogen) atoms. The number of aryl methyl sites for hydroxylation is 3. The molecule has 0 N–H and O–H groups in total. The topological polar surface area (TPSA) is 0 Å². The second-order valence-electron chi connectivity index (χ2n) is 12.7. The van der Waals surface area contributed by atoms with Gasteiger partial charge in [0.05, 0.1) is 11.1 Å². The Kier molecular flexibility index (Phi) is 10.4. The highest BCUT2D eigenvalue weighted by molar-refractivity contribution is 7.26. The van der Waals surface area contributed by atoms with Crippen LogP contribution in [-0.2, 0) is 18.8 Å². The van der Waals surface area contributed by atoms with Crippen molar-refractivity contribution in [2.45, 2.75) is 83.0 Å². The van der Waals surface area contributed by atoms with Gasteiger partial charge >= 0.3 is 30.1 Å². The molecule has 0 aliphatic heterocycles. The third-order valence-corrected chi connectivity index (χ3v) is 13.7. The number of alkyl halides is 12. The van der Waals surface area contributed by atoms with E-state index >= 15 is 26.3 Å². The Labute approximate surface area is 312 Å². The summed E-state index contributed by atoms with van der Waals surface area (Å²) in [7, 11) is 0. The van der Waals surface area contributed by atoms with E-state index in [9.17, 15) is 26.3 Å². The summed E-state index contributed by atoms with van der Waals surface area (Å²) in [5.74, 6) is -16.8. The fourth-order valence-electron chi connectivity index (χ4n) is 6.23. The van der Waals surface area contributed by atoms with E-state index in [1.165, 1.54) is 23.1 Å². The van der Waals surface area contributed by atoms with Crippen LogP contribution in [0.15, 0.2) is 54.6 Å². The largest absolute Gasteiger partial charge is 0.416 e. The highest BCUT2D eigenvalue weighted by atomic mass is 32.1. The lowest BCUT2D eigenvalue weighted by molar-refractivity contribution is -0.254. The van der Waals surface area contributed by atoms with Crippen LogP contribution in [0.1, 0.15) is 69.5 Å². The smallest absolute Gasteiger partial charge is 0.194 e. The standard InChI is InChI=1S/C37H28F12S4/c1-4-5-6-7-8-23-9-10-26(52-23)27-11-12-28(53-27)30-17-25(19(3)51-30)32-31(33(38,39)37(48,49)34(32,40)41)24-16-29(50-18(24)2)20-13-21(35(42,43)44)15-22(14-20)36(45,46)47/h9-17H,4-8H2,1-3H3. The van der Waals surface area contributed by atoms with E-state index in [2.05, 4.69) is 6.92 Å². The summed E-state index contributed by atoms with van der Waals surface area (Å²) < 4.78 is 175. The molecule has 0 bridgehead atoms. The van der Waals surface area contributed by atoms with Crippen LogP contribution in [0, 0.1) is 13.8 Å². The van der Waals surface area contributed by atoms with Crippen molar-refractivity contribution < 1.29 is 52.7 Å². The van der Waals surface area contributed by atoms with Gasteiger partial charge in [-0.05, 0) is 98.0 Å². The zero-order valence-corrected chi connectivity index (χ0v) is 31.2. The number of benzene rings is 1. The predicted molar refractivity (Wildman–Crippen MR) is 190 cm³/mol. The molecule has 5 aromatic rings. The molecule has 0 radical (unpaired) electrons. The molecule has 1 aliphatic carbocycles. The van der Waals surface area contributed by atoms with E-state index in [0.717, 1.165) is 66.2 Å². The average Bonchev–Trinajstić information content (AvgIpc) is 3.88. The predicted octanol–water partition coefficient (Wildman–Crippen LogP) is 15.5. The van der Waals surface area contributed by atoms with Crippen molar-refractivity contribution in [3.63, 3.8) is 0 Å². The number of thiophene rings is 4. The van der Waals surface area contributed by atoms with Crippen LogP contribution < -0.4 is 0 Å². The lowest BCUT2D eigenvalue weighted by atomic mass is 9.94. The summed E-state index contributed by atoms with van der Waals surface area (Å²) >= 11 is 4.29. The van der Waals surface area contributed by atoms with Crippen molar-refractivity contribution >= 4 is 56.5 Å². The Bertz CT molecular complexity index is 2140. The summed E-state index contributed by atoms with van der Waals surface area (Å²) in [5, 5.41) is 0. The second kappa shape index (κ2) is 13.9. The molecule has 0 unspecified atom stereocenters. The molecule has 6 rings (SSSR count). The minimum absolute atomic E-state index is 0.0296. The number of hydrogen-bond donors (Lipinski definition) is 0. The number of allylic oxidation sites excluding steroid dienone is 2. The molecule has 1 aromatic carbocycles. The summed E-state index contributed by atoms with van der Waals surface area (Å²) in [6.07, 6.45) is -5.11. The summed E-state index contributed by atoms with van der Waals surface area (Å²) in [6.45, 7) is 4.55. The van der Waals surface area contributed by atoms with Gasteiger partial charge in [0, 0.05) is 50.2 Å². The van der Waals surface area contributed by atoms with Crippen molar-refractivity contribution in [1.29, 1.82) is 0 Å². The van der Waals surface area contributed by atoms with Crippen LogP contribution in [-0.4, -0.2) is 17.8 Å². The Morgan fingerprint density at radius 3 is 1.53 bits per heavy atom. The van der Waals surface area contributed by atoms with E-state index in [1.807, 2.05) is 18.2 Å². The number of unbranched alkanes of at least 4 members (excludes halogenated alkanes) is 3. The highest BCUT2D eigenvalue weighted by Crippen LogP contribution is 2.66. The maximum Gasteiger partial charge on any atom is 0.416 e. The maximum atomic E-state index is 15.8. The molecule has 0 saturated heterocycles. The van der Waals surface area contributed by atoms with Crippen LogP contribution in [0.2, 0.25) is 0 Å². The van der Waals surface area contributed by atoms with E-state index in [4.69, 9.17) is 0 Å². The van der Waals surface area contributed by atoms with Crippen LogP contribution in [0.3, 0.4) is 0 Å². The zero-order valence-electron chi connectivity index (χ0n) is 27.9. The van der Waals surface area contributed by atoms with Gasteiger partial charge in [0.25, 0.3) is 0 Å². The molecular formula is C37H28F12S4. The molecule has 0 spiro atoms. The molecule has 0 amide bonds. The first-order chi connectivity index (χ1) is 24.6. The number of hydrogen-bond acceptors (Lipinski definition) is 4. The summed E-state index contributed by atoms with van der Waals surface area (Å²) in [4.78, 5) is 3.28. The van der Waals surface area contributed by atoms with Gasteiger partial charge in [-0.3, -0.25) is 0 Å². The fourth-order valence-corrected chi connectivity index (χ4v) is 10.5. The summed E-state index contributed by atoms with van der Waals surface area (Å²) in [5.41, 5.74) is -8.87. The van der Waals surface area contributed by atoms with E-state index in [-0.39, 0.29) is 15.8 Å². The lowest BCUT2D eigenvalue weighted by Crippen LogP contribution is -2.48. The van der Waals surface area contributed by atoms with Crippen molar-refractivity contribution in [1.82, 2.24) is 0 Å². The van der Waals surface area contributed by atoms with Crippen LogP contribution in [0.25, 0.3) is 41.1 Å². The second-order valence-corrected chi connectivity index (χ2v) is 17.4. The molecule has 1 aliphatic rings. The SMILES string of the molecule is CCCCCCc1ccc(-c2ccc(-c3cc(C4=C(c5cc(-c6cc(C(F)(F)F)cc(C(F)(F)F)c6)sc5C)C(F)(F)C(F)(F)C4(F)F)c(C)s3)s2)s1. The van der Waals surface area contributed by atoms with Crippen molar-refractivity contribution in [3.05, 3.63) is 91.5 Å². The van der Waals surface area contributed by atoms with Crippen molar-refractivity contribution in [2.24, 2.45) is 0 Å². The molecule has 4 heterocycles. The molecule has 0 saturated carbocycles. The van der Waals surface area contributed by atoms with Crippen molar-refractivity contribution in [2.75, 3.05) is 0 Å². The van der Waals surface area contributed by atoms with Crippen LogP contribution >= 0.6 is 45.3 Å². The average molecular weight is 829 g/mol. The molecule has 0 fully saturated rings. The van der Waals surface area contributed by atoms with Gasteiger partial charge in [-0.2, -0.15) is 52.7 Å². The monoisotopic (exact) mass is 828 g/mol. The van der Waals surface area contributed by atoms with Gasteiger partial charge in [0.15, 0.2) is 0 Å². The Hall–Kier alpha value is -3.08. The zero-order chi connectivity index (χ0) is 38.9. The minimum Gasteiger partial charge on any atom is -0.194 e. The first-order valence-corrected chi connectivity index (χ1v) is 19.4. The Balaban J connectivity index is 1.44. The Morgan fingerprint density at radius 1 is 0.528 bits per heavy atom. The molecule has 16 heteroatoms. The van der Waals surface area contributed by atoms with E-state index in [0.29, 0.717) is 39.3 Å². The third-order valence-electron chi connectivity index (χ3n) is 8.94. The molecule has 284 valence electrons. The molecule has 4 aromatic heterocycles. The fraction of sp³-hybridized carbons (Fsp3) is 0.351. The van der Waals surface area contributed by atoms with Crippen LogP contribution in [0.5, 0.6) is 0 Å². The van der Waals surface area contributed by atoms with Crippen LogP contribution in [0.4, 0.5) is 52.7 Å². The van der Waals surface area contributed by atoms with Gasteiger partial charge in [0.1, 0.15) is 0 Å². The first kappa shape index (κ1) is 39.6. The Morgan fingerprint density at radius 2 is 1.00 bits per heavy atom. The molecule has 0 nitrogen and oxygen atoms in total. The summed E-state index contributed by atoms with van der Waals surface area (Å²) in [6, 6.07) is 9.96. The van der Waals surface area contributed by atoms with Crippen molar-refractivity contribution in [3.8, 4) is 29.9 Å². The maximum absolute atomic E-state index is 15.8. The third kappa shape index (κ3) is 7.13. The van der Waals surface area contributed by atoms with Gasteiger partial charge in [-0.1, -0.05) is 26.2 Å². The van der Waals surface area contributed by atoms with Gasteiger partial charge in [-0.25, -0.2) is 0 Å². The van der Waals surface area contributed by atoms with E-state index < -0.39 is 74.0 Å². The first-order valence-electron chi connectivity index (χ1n) is 16.2. The van der Waals surface area contributed by atoms with E-state index in [1.54, 1.807) is 17.4 Å². The highest BCUT2D eigenvalue weighted by Gasteiger charge is 2.80. The number of halogens is 12. The van der Waals surface area contributed by atoms with Gasteiger partial charge in [0.2, 0.25) is 0 Å². The molecular weight excluding hydrogens is 801 g/mol. The van der Waals surface area contributed by atoms with Gasteiger partial charge < -0.3 is 0 Å². The quantitative estimate of drug-likeness (QED) is 0.0972. The molecule has 0 atom stereocenters. The minimum atomic E-state index is -5.92. The number of rotatable bonds is 10. The lowest BCUT2D eigenvalue weighted by Gasteiger charge is -2.25. The normalized spacial score (nSPS) is 17.0. The van der Waals surface area contributed by atoms with Gasteiger partial charge in [-0.15, -0.1) is 45.3 Å².